The van der Waals surface area contributed by atoms with Gasteiger partial charge >= 0.3 is 0 Å². The summed E-state index contributed by atoms with van der Waals surface area (Å²) < 4.78 is 4.83. The van der Waals surface area contributed by atoms with Crippen molar-refractivity contribution in [1.29, 1.82) is 5.41 Å². The minimum Gasteiger partial charge on any atom is -0.397 e. The van der Waals surface area contributed by atoms with Crippen molar-refractivity contribution in [2.75, 3.05) is 37.0 Å². The molecule has 3 rings (SSSR count). The number of amidine groups is 1. The molecule has 0 fully saturated rings. The van der Waals surface area contributed by atoms with E-state index in [1.54, 1.807) is 90.6 Å². The van der Waals surface area contributed by atoms with Gasteiger partial charge in [-0.15, -0.1) is 0 Å². The van der Waals surface area contributed by atoms with Crippen LogP contribution >= 0.6 is 0 Å². The molecule has 0 radical (unpaired) electrons. The first-order valence-electron chi connectivity index (χ1n) is 10.9. The SMILES string of the molecule is CN(C)C(=N)CCNC(=O)c1cc(NC(=O)c2cc(NC(=O)c3cc(N)cn3C)cn2C)cn1C. The molecule has 3 aromatic rings. The highest BCUT2D eigenvalue weighted by Crippen LogP contribution is 2.19. The molecule has 12 nitrogen and oxygen atoms in total. The Labute approximate surface area is 203 Å². The number of aromatic nitrogens is 3. The number of nitrogens with zero attached hydrogens (tertiary/aromatic N) is 4. The van der Waals surface area contributed by atoms with Crippen molar-refractivity contribution in [2.45, 2.75) is 6.42 Å². The van der Waals surface area contributed by atoms with Crippen LogP contribution in [-0.4, -0.2) is 62.8 Å². The normalized spacial score (nSPS) is 10.7. The van der Waals surface area contributed by atoms with Crippen molar-refractivity contribution in [3.63, 3.8) is 0 Å². The van der Waals surface area contributed by atoms with E-state index in [9.17, 15) is 14.4 Å². The summed E-state index contributed by atoms with van der Waals surface area (Å²) in [5, 5.41) is 16.1. The maximum Gasteiger partial charge on any atom is 0.272 e. The fourth-order valence-electron chi connectivity index (χ4n) is 3.53. The van der Waals surface area contributed by atoms with E-state index in [-0.39, 0.29) is 11.8 Å². The van der Waals surface area contributed by atoms with Crippen LogP contribution in [0.15, 0.2) is 36.8 Å². The van der Waals surface area contributed by atoms with Gasteiger partial charge in [0.2, 0.25) is 0 Å². The van der Waals surface area contributed by atoms with Crippen LogP contribution in [0, 0.1) is 5.41 Å². The van der Waals surface area contributed by atoms with Gasteiger partial charge in [0, 0.05) is 66.8 Å². The first-order valence-corrected chi connectivity index (χ1v) is 10.9. The Balaban J connectivity index is 1.63. The van der Waals surface area contributed by atoms with Gasteiger partial charge in [0.25, 0.3) is 17.7 Å². The van der Waals surface area contributed by atoms with Gasteiger partial charge in [-0.2, -0.15) is 0 Å². The molecule has 0 aliphatic rings. The molecule has 6 N–H and O–H groups in total. The van der Waals surface area contributed by atoms with Crippen LogP contribution in [0.2, 0.25) is 0 Å². The summed E-state index contributed by atoms with van der Waals surface area (Å²) in [6.45, 7) is 0.329. The van der Waals surface area contributed by atoms with E-state index in [4.69, 9.17) is 11.1 Å². The Morgan fingerprint density at radius 3 is 1.74 bits per heavy atom. The zero-order valence-electron chi connectivity index (χ0n) is 20.5. The first kappa shape index (κ1) is 25.1. The molecule has 35 heavy (non-hydrogen) atoms. The van der Waals surface area contributed by atoms with Crippen LogP contribution in [0.3, 0.4) is 0 Å². The molecule has 186 valence electrons. The van der Waals surface area contributed by atoms with E-state index in [2.05, 4.69) is 16.0 Å². The molecule has 3 amide bonds. The molecule has 3 aromatic heterocycles. The molecule has 0 saturated heterocycles. The predicted molar refractivity (Wildman–Crippen MR) is 135 cm³/mol. The first-order chi connectivity index (χ1) is 16.5. The third-order valence-corrected chi connectivity index (χ3v) is 5.44. The molecule has 12 heteroatoms. The average molecular weight is 482 g/mol. The highest BCUT2D eigenvalue weighted by Gasteiger charge is 2.18. The lowest BCUT2D eigenvalue weighted by atomic mass is 10.3. The van der Waals surface area contributed by atoms with Crippen LogP contribution in [0.25, 0.3) is 0 Å². The average Bonchev–Trinajstić information content (AvgIpc) is 3.43. The number of rotatable bonds is 8. The maximum atomic E-state index is 12.9. The smallest absolute Gasteiger partial charge is 0.272 e. The molecule has 0 aliphatic heterocycles. The molecule has 0 spiro atoms. The van der Waals surface area contributed by atoms with Crippen LogP contribution in [0.5, 0.6) is 0 Å². The van der Waals surface area contributed by atoms with Crippen LogP contribution in [0.1, 0.15) is 37.9 Å². The van der Waals surface area contributed by atoms with E-state index >= 15 is 0 Å². The summed E-state index contributed by atoms with van der Waals surface area (Å²) in [7, 11) is 8.68. The second-order valence-electron chi connectivity index (χ2n) is 8.47. The van der Waals surface area contributed by atoms with Gasteiger partial charge in [-0.1, -0.05) is 0 Å². The number of amides is 3. The molecular weight excluding hydrogens is 450 g/mol. The number of hydrogen-bond acceptors (Lipinski definition) is 5. The van der Waals surface area contributed by atoms with Gasteiger partial charge in [-0.05, 0) is 18.2 Å². The topological polar surface area (TPSA) is 155 Å². The number of carbonyl (C=O) groups excluding carboxylic acids is 3. The van der Waals surface area contributed by atoms with Crippen molar-refractivity contribution >= 4 is 40.6 Å². The molecule has 0 aliphatic carbocycles. The number of hydrogen-bond donors (Lipinski definition) is 5. The Bertz CT molecular complexity index is 1280. The van der Waals surface area contributed by atoms with Crippen molar-refractivity contribution < 1.29 is 14.4 Å². The monoisotopic (exact) mass is 481 g/mol. The summed E-state index contributed by atoms with van der Waals surface area (Å²) in [5.74, 6) is -0.630. The van der Waals surface area contributed by atoms with Gasteiger partial charge in [-0.3, -0.25) is 19.8 Å². The van der Waals surface area contributed by atoms with Crippen LogP contribution < -0.4 is 21.7 Å². The molecule has 0 saturated carbocycles. The molecule has 0 aromatic carbocycles. The standard InChI is InChI=1S/C23H31N9O3/c1-29(2)20(25)6-7-26-21(33)18-9-15(12-31(18)4)28-23(35)19-10-16(13-32(19)5)27-22(34)17-8-14(24)11-30(17)3/h8-13,25H,6-7,24H2,1-5H3,(H,26,33)(H,27,34)(H,28,35). The highest BCUT2D eigenvalue weighted by molar-refractivity contribution is 6.07. The largest absolute Gasteiger partial charge is 0.397 e. The Hall–Kier alpha value is -4.48. The zero-order valence-corrected chi connectivity index (χ0v) is 20.5. The van der Waals surface area contributed by atoms with E-state index in [0.29, 0.717) is 52.9 Å². The fraction of sp³-hybridized carbons (Fsp3) is 0.304. The number of aryl methyl sites for hydroxylation is 3. The predicted octanol–water partition coefficient (Wildman–Crippen LogP) is 1.45. The van der Waals surface area contributed by atoms with E-state index in [1.165, 1.54) is 0 Å². The minimum absolute atomic E-state index is 0.301. The van der Waals surface area contributed by atoms with Gasteiger partial charge in [0.05, 0.1) is 22.9 Å². The second-order valence-corrected chi connectivity index (χ2v) is 8.47. The van der Waals surface area contributed by atoms with Gasteiger partial charge < -0.3 is 40.3 Å². The Morgan fingerprint density at radius 2 is 1.29 bits per heavy atom. The third-order valence-electron chi connectivity index (χ3n) is 5.44. The molecule has 0 unspecified atom stereocenters. The van der Waals surface area contributed by atoms with Crippen LogP contribution in [-0.2, 0) is 21.1 Å². The number of nitrogens with two attached hydrogens (primary N) is 1. The molecule has 0 bridgehead atoms. The van der Waals surface area contributed by atoms with Crippen molar-refractivity contribution in [3.8, 4) is 0 Å². The summed E-state index contributed by atoms with van der Waals surface area (Å²) in [6, 6.07) is 4.72. The van der Waals surface area contributed by atoms with Crippen LogP contribution in [0.4, 0.5) is 17.1 Å². The van der Waals surface area contributed by atoms with Crippen molar-refractivity contribution in [1.82, 2.24) is 23.9 Å². The summed E-state index contributed by atoms with van der Waals surface area (Å²) in [4.78, 5) is 39.6. The summed E-state index contributed by atoms with van der Waals surface area (Å²) in [5.41, 5.74) is 8.22. The second kappa shape index (κ2) is 10.2. The van der Waals surface area contributed by atoms with E-state index in [0.717, 1.165) is 0 Å². The van der Waals surface area contributed by atoms with Gasteiger partial charge in [-0.25, -0.2) is 0 Å². The minimum atomic E-state index is -0.395. The summed E-state index contributed by atoms with van der Waals surface area (Å²) >= 11 is 0. The highest BCUT2D eigenvalue weighted by atomic mass is 16.2. The third kappa shape index (κ3) is 5.91. The van der Waals surface area contributed by atoms with E-state index in [1.807, 2.05) is 0 Å². The lowest BCUT2D eigenvalue weighted by molar-refractivity contribution is 0.0944. The van der Waals surface area contributed by atoms with Gasteiger partial charge in [0.1, 0.15) is 17.1 Å². The van der Waals surface area contributed by atoms with Crippen molar-refractivity contribution in [2.24, 2.45) is 21.1 Å². The van der Waals surface area contributed by atoms with E-state index < -0.39 is 5.91 Å². The van der Waals surface area contributed by atoms with Crippen molar-refractivity contribution in [3.05, 3.63) is 53.9 Å². The molecular formula is C23H31N9O3. The maximum absolute atomic E-state index is 12.9. The quantitative estimate of drug-likeness (QED) is 0.243. The Kier molecular flexibility index (Phi) is 7.33. The fourth-order valence-corrected chi connectivity index (χ4v) is 3.53. The zero-order chi connectivity index (χ0) is 25.9. The lowest BCUT2D eigenvalue weighted by Gasteiger charge is -2.13. The lowest BCUT2D eigenvalue weighted by Crippen LogP contribution is -2.30. The molecule has 3 heterocycles. The number of nitrogen functional groups attached to an aromatic ring is 1. The summed E-state index contributed by atoms with van der Waals surface area (Å²) in [6.07, 6.45) is 5.33. The number of nitrogens with one attached hydrogen (secondary N) is 4. The number of anilines is 3. The number of carbonyl (C=O) groups is 3. The molecule has 0 atom stereocenters. The van der Waals surface area contributed by atoms with Gasteiger partial charge in [0.15, 0.2) is 0 Å². The Morgan fingerprint density at radius 1 is 0.829 bits per heavy atom.